The van der Waals surface area contributed by atoms with Crippen molar-refractivity contribution in [2.75, 3.05) is 5.32 Å². The molecule has 3 rings (SSSR count). The Hall–Kier alpha value is -2.51. The Bertz CT molecular complexity index is 865. The van der Waals surface area contributed by atoms with Crippen molar-refractivity contribution in [2.45, 2.75) is 0 Å². The van der Waals surface area contributed by atoms with E-state index in [-0.39, 0.29) is 11.0 Å². The fraction of sp³-hybridized carbons (Fsp3) is 0. The molecule has 0 aliphatic rings. The maximum Gasteiger partial charge on any atom is 0.257 e. The first-order chi connectivity index (χ1) is 10.6. The molecule has 0 aliphatic heterocycles. The summed E-state index contributed by atoms with van der Waals surface area (Å²) in [6, 6.07) is 11.9. The topological polar surface area (TPSA) is 80.0 Å². The van der Waals surface area contributed by atoms with Crippen molar-refractivity contribution >= 4 is 51.6 Å². The van der Waals surface area contributed by atoms with E-state index in [1.165, 1.54) is 0 Å². The summed E-state index contributed by atoms with van der Waals surface area (Å²) < 4.78 is 4.59. The van der Waals surface area contributed by atoms with Gasteiger partial charge in [0.2, 0.25) is 0 Å². The highest BCUT2D eigenvalue weighted by atomic mass is 35.5. The molecular formula is C14H9ClN4O2S. The number of hydrogen-bond acceptors (Lipinski definition) is 5. The minimum Gasteiger partial charge on any atom is -0.331 e. The molecule has 0 saturated carbocycles. The van der Waals surface area contributed by atoms with Gasteiger partial charge in [0.05, 0.1) is 10.7 Å². The van der Waals surface area contributed by atoms with E-state index in [1.54, 1.807) is 36.4 Å². The Morgan fingerprint density at radius 2 is 1.91 bits per heavy atom. The predicted octanol–water partition coefficient (Wildman–Crippen LogP) is 3.00. The maximum absolute atomic E-state index is 12.1. The third-order valence-corrected chi connectivity index (χ3v) is 3.40. The zero-order valence-corrected chi connectivity index (χ0v) is 12.6. The van der Waals surface area contributed by atoms with Gasteiger partial charge in [-0.2, -0.15) is 0 Å². The molecule has 0 fully saturated rings. The molecule has 6 nitrogen and oxygen atoms in total. The molecule has 110 valence electrons. The Morgan fingerprint density at radius 1 is 1.14 bits per heavy atom. The van der Waals surface area contributed by atoms with Crippen LogP contribution in [0.4, 0.5) is 5.69 Å². The van der Waals surface area contributed by atoms with E-state index in [9.17, 15) is 4.79 Å². The second-order valence-corrected chi connectivity index (χ2v) is 5.17. The van der Waals surface area contributed by atoms with Crippen LogP contribution in [-0.2, 0) is 0 Å². The number of para-hydroxylation sites is 1. The Morgan fingerprint density at radius 3 is 2.73 bits per heavy atom. The molecule has 0 spiro atoms. The zero-order valence-electron chi connectivity index (χ0n) is 11.0. The van der Waals surface area contributed by atoms with Gasteiger partial charge in [0.15, 0.2) is 5.11 Å². The van der Waals surface area contributed by atoms with Gasteiger partial charge in [0.1, 0.15) is 11.0 Å². The first-order valence-electron chi connectivity index (χ1n) is 6.22. The molecule has 22 heavy (non-hydrogen) atoms. The quantitative estimate of drug-likeness (QED) is 0.702. The minimum absolute atomic E-state index is 0.150. The molecule has 8 heteroatoms. The summed E-state index contributed by atoms with van der Waals surface area (Å²) in [5.74, 6) is -0.366. The van der Waals surface area contributed by atoms with Crippen molar-refractivity contribution in [2.24, 2.45) is 0 Å². The van der Waals surface area contributed by atoms with Crippen molar-refractivity contribution in [3.63, 3.8) is 0 Å². The monoisotopic (exact) mass is 332 g/mol. The molecule has 0 bridgehead atoms. The van der Waals surface area contributed by atoms with Gasteiger partial charge in [-0.3, -0.25) is 10.1 Å². The Labute approximate surface area is 135 Å². The average Bonchev–Trinajstić information content (AvgIpc) is 2.97. The van der Waals surface area contributed by atoms with E-state index in [2.05, 4.69) is 25.6 Å². The third kappa shape index (κ3) is 3.05. The van der Waals surface area contributed by atoms with Gasteiger partial charge in [-0.15, -0.1) is 0 Å². The first-order valence-corrected chi connectivity index (χ1v) is 7.01. The standard InChI is InChI=1S/C14H9ClN4O2S/c15-9-3-1-2-4-10(9)16-14(22)17-13(20)8-5-6-11-12(7-8)19-21-18-11/h1-7H,(H2,16,17,20,22). The van der Waals surface area contributed by atoms with Crippen LogP contribution in [0.25, 0.3) is 11.0 Å². The molecule has 0 unspecified atom stereocenters. The van der Waals surface area contributed by atoms with Gasteiger partial charge in [-0.25, -0.2) is 4.63 Å². The van der Waals surface area contributed by atoms with Gasteiger partial charge >= 0.3 is 0 Å². The van der Waals surface area contributed by atoms with Gasteiger partial charge in [0.25, 0.3) is 5.91 Å². The normalized spacial score (nSPS) is 10.4. The minimum atomic E-state index is -0.366. The SMILES string of the molecule is O=C(NC(=S)Nc1ccccc1Cl)c1ccc2nonc2c1. The number of carbonyl (C=O) groups is 1. The van der Waals surface area contributed by atoms with Crippen molar-refractivity contribution in [3.8, 4) is 0 Å². The number of nitrogens with zero attached hydrogens (tertiary/aromatic N) is 2. The average molecular weight is 333 g/mol. The lowest BCUT2D eigenvalue weighted by atomic mass is 10.2. The lowest BCUT2D eigenvalue weighted by Gasteiger charge is -2.10. The molecule has 0 atom stereocenters. The van der Waals surface area contributed by atoms with Crippen molar-refractivity contribution in [1.82, 2.24) is 15.6 Å². The fourth-order valence-corrected chi connectivity index (χ4v) is 2.20. The highest BCUT2D eigenvalue weighted by Gasteiger charge is 2.11. The van der Waals surface area contributed by atoms with Crippen molar-refractivity contribution < 1.29 is 9.42 Å². The molecule has 1 amide bonds. The Balaban J connectivity index is 1.70. The van der Waals surface area contributed by atoms with Crippen LogP contribution in [0, 0.1) is 0 Å². The lowest BCUT2D eigenvalue weighted by molar-refractivity contribution is 0.0978. The van der Waals surface area contributed by atoms with Gasteiger partial charge < -0.3 is 5.32 Å². The highest BCUT2D eigenvalue weighted by molar-refractivity contribution is 7.80. The van der Waals surface area contributed by atoms with Crippen LogP contribution in [-0.4, -0.2) is 21.3 Å². The largest absolute Gasteiger partial charge is 0.331 e. The molecule has 3 aromatic rings. The molecular weight excluding hydrogens is 324 g/mol. The van der Waals surface area contributed by atoms with Crippen molar-refractivity contribution in [3.05, 3.63) is 53.1 Å². The van der Waals surface area contributed by atoms with Gasteiger partial charge in [0, 0.05) is 5.56 Å². The fourth-order valence-electron chi connectivity index (χ4n) is 1.81. The molecule has 0 saturated heterocycles. The number of benzene rings is 2. The van der Waals surface area contributed by atoms with Crippen LogP contribution in [0.2, 0.25) is 5.02 Å². The summed E-state index contributed by atoms with van der Waals surface area (Å²) >= 11 is 11.1. The number of halogens is 1. The van der Waals surface area contributed by atoms with Crippen molar-refractivity contribution in [1.29, 1.82) is 0 Å². The maximum atomic E-state index is 12.1. The number of amides is 1. The Kier molecular flexibility index (Phi) is 3.99. The summed E-state index contributed by atoms with van der Waals surface area (Å²) in [7, 11) is 0. The number of rotatable bonds is 2. The molecule has 2 aromatic carbocycles. The van der Waals surface area contributed by atoms with E-state index in [0.717, 1.165) is 0 Å². The summed E-state index contributed by atoms with van der Waals surface area (Å²) in [6.07, 6.45) is 0. The van der Waals surface area contributed by atoms with E-state index >= 15 is 0 Å². The van der Waals surface area contributed by atoms with E-state index in [0.29, 0.717) is 27.3 Å². The second kappa shape index (κ2) is 6.08. The van der Waals surface area contributed by atoms with Crippen LogP contribution < -0.4 is 10.6 Å². The highest BCUT2D eigenvalue weighted by Crippen LogP contribution is 2.20. The van der Waals surface area contributed by atoms with E-state index in [1.807, 2.05) is 6.07 Å². The predicted molar refractivity (Wildman–Crippen MR) is 86.9 cm³/mol. The van der Waals surface area contributed by atoms with Crippen LogP contribution in [0.3, 0.4) is 0 Å². The summed E-state index contributed by atoms with van der Waals surface area (Å²) in [5.41, 5.74) is 2.09. The number of carbonyl (C=O) groups excluding carboxylic acids is 1. The summed E-state index contributed by atoms with van der Waals surface area (Å²) in [4.78, 5) is 12.1. The number of aromatic nitrogens is 2. The first kappa shape index (κ1) is 14.4. The summed E-state index contributed by atoms with van der Waals surface area (Å²) in [5, 5.41) is 13.5. The molecule has 1 aromatic heterocycles. The molecule has 2 N–H and O–H groups in total. The van der Waals surface area contributed by atoms with Crippen LogP contribution in [0.15, 0.2) is 47.1 Å². The van der Waals surface area contributed by atoms with Crippen LogP contribution in [0.1, 0.15) is 10.4 Å². The van der Waals surface area contributed by atoms with Crippen LogP contribution >= 0.6 is 23.8 Å². The molecule has 1 heterocycles. The smallest absolute Gasteiger partial charge is 0.257 e. The van der Waals surface area contributed by atoms with Crippen LogP contribution in [0.5, 0.6) is 0 Å². The third-order valence-electron chi connectivity index (χ3n) is 2.87. The van der Waals surface area contributed by atoms with E-state index < -0.39 is 0 Å². The number of fused-ring (bicyclic) bond motifs is 1. The molecule has 0 radical (unpaired) electrons. The lowest BCUT2D eigenvalue weighted by Crippen LogP contribution is -2.34. The van der Waals surface area contributed by atoms with E-state index in [4.69, 9.17) is 23.8 Å². The van der Waals surface area contributed by atoms with Gasteiger partial charge in [-0.05, 0) is 52.9 Å². The number of anilines is 1. The number of thiocarbonyl (C=S) groups is 1. The molecule has 0 aliphatic carbocycles. The number of hydrogen-bond donors (Lipinski definition) is 2. The number of nitrogens with one attached hydrogen (secondary N) is 2. The zero-order chi connectivity index (χ0) is 15.5. The van der Waals surface area contributed by atoms with Gasteiger partial charge in [-0.1, -0.05) is 23.7 Å². The summed E-state index contributed by atoms with van der Waals surface area (Å²) in [6.45, 7) is 0. The second-order valence-electron chi connectivity index (χ2n) is 4.36.